The van der Waals surface area contributed by atoms with Gasteiger partial charge in [0.25, 0.3) is 11.5 Å². The number of methoxy groups -OCH3 is 1. The Morgan fingerprint density at radius 1 is 1.23 bits per heavy atom. The normalized spacial score (nSPS) is 10.5. The summed E-state index contributed by atoms with van der Waals surface area (Å²) in [6.45, 7) is 1.91. The molecule has 0 saturated carbocycles. The molecule has 0 aliphatic heterocycles. The van der Waals surface area contributed by atoms with Crippen molar-refractivity contribution in [2.45, 2.75) is 13.5 Å². The first kappa shape index (κ1) is 20.6. The molecule has 1 amide bonds. The molecule has 9 nitrogen and oxygen atoms in total. The summed E-state index contributed by atoms with van der Waals surface area (Å²) >= 11 is 0. The summed E-state index contributed by atoms with van der Waals surface area (Å²) < 4.78 is 6.40. The van der Waals surface area contributed by atoms with E-state index >= 15 is 0 Å². The van der Waals surface area contributed by atoms with Gasteiger partial charge in [0, 0.05) is 18.5 Å². The minimum Gasteiger partial charge on any atom is -0.496 e. The van der Waals surface area contributed by atoms with Gasteiger partial charge in [0.05, 0.1) is 36.3 Å². The van der Waals surface area contributed by atoms with Gasteiger partial charge in [0.2, 0.25) is 0 Å². The number of carboxylic acid groups (broad SMARTS) is 1. The number of hydrogen-bond donors (Lipinski definition) is 3. The lowest BCUT2D eigenvalue weighted by Crippen LogP contribution is -2.27. The zero-order valence-corrected chi connectivity index (χ0v) is 16.4. The largest absolute Gasteiger partial charge is 0.496 e. The summed E-state index contributed by atoms with van der Waals surface area (Å²) in [7, 11) is 1.38. The molecule has 9 heteroatoms. The molecule has 0 spiro atoms. The minimum atomic E-state index is -1.37. The Bertz CT molecular complexity index is 1170. The molecule has 4 N–H and O–H groups in total. The van der Waals surface area contributed by atoms with E-state index in [2.05, 4.69) is 10.3 Å². The van der Waals surface area contributed by atoms with Crippen LogP contribution in [-0.2, 0) is 6.54 Å². The minimum absolute atomic E-state index is 0.173. The molecule has 0 unspecified atom stereocenters. The summed E-state index contributed by atoms with van der Waals surface area (Å²) in [5, 5.41) is 12.6. The molecule has 154 valence electrons. The lowest BCUT2D eigenvalue weighted by molar-refractivity contribution is 0.0695. The maximum Gasteiger partial charge on any atom is 0.343 e. The van der Waals surface area contributed by atoms with Crippen LogP contribution in [0.15, 0.2) is 53.6 Å². The monoisotopic (exact) mass is 408 g/mol. The molecule has 0 aliphatic rings. The molecule has 3 rings (SSSR count). The van der Waals surface area contributed by atoms with Crippen LogP contribution in [-0.4, -0.2) is 33.6 Å². The Balaban J connectivity index is 2.06. The van der Waals surface area contributed by atoms with E-state index in [0.717, 1.165) is 0 Å². The van der Waals surface area contributed by atoms with Crippen molar-refractivity contribution >= 4 is 17.6 Å². The third-order valence-corrected chi connectivity index (χ3v) is 4.52. The van der Waals surface area contributed by atoms with E-state index in [1.165, 1.54) is 30.0 Å². The highest BCUT2D eigenvalue weighted by Gasteiger charge is 2.20. The number of nitrogens with one attached hydrogen (secondary N) is 1. The summed E-state index contributed by atoms with van der Waals surface area (Å²) in [6.07, 6.45) is 3.08. The quantitative estimate of drug-likeness (QED) is 0.543. The average Bonchev–Trinajstić information content (AvgIpc) is 2.71. The van der Waals surface area contributed by atoms with Gasteiger partial charge in [-0.1, -0.05) is 6.07 Å². The van der Waals surface area contributed by atoms with Crippen molar-refractivity contribution in [3.63, 3.8) is 0 Å². The average molecular weight is 408 g/mol. The third kappa shape index (κ3) is 4.00. The molecule has 2 heterocycles. The fourth-order valence-electron chi connectivity index (χ4n) is 3.13. The zero-order valence-electron chi connectivity index (χ0n) is 16.4. The smallest absolute Gasteiger partial charge is 0.343 e. The summed E-state index contributed by atoms with van der Waals surface area (Å²) in [6, 6.07) is 9.89. The van der Waals surface area contributed by atoms with Gasteiger partial charge in [-0.05, 0) is 36.8 Å². The number of nitrogens with two attached hydrogens (primary N) is 1. The zero-order chi connectivity index (χ0) is 21.8. The Morgan fingerprint density at radius 2 is 2.00 bits per heavy atom. The Kier molecular flexibility index (Phi) is 5.82. The van der Waals surface area contributed by atoms with Gasteiger partial charge in [0.1, 0.15) is 11.3 Å². The molecule has 30 heavy (non-hydrogen) atoms. The number of benzene rings is 1. The van der Waals surface area contributed by atoms with Crippen molar-refractivity contribution in [2.24, 2.45) is 5.73 Å². The number of amides is 1. The molecule has 3 aromatic rings. The van der Waals surface area contributed by atoms with E-state index in [1.54, 1.807) is 31.3 Å². The predicted molar refractivity (Wildman–Crippen MR) is 110 cm³/mol. The highest BCUT2D eigenvalue weighted by atomic mass is 16.5. The highest BCUT2D eigenvalue weighted by Crippen LogP contribution is 2.26. The van der Waals surface area contributed by atoms with Crippen LogP contribution in [0.1, 0.15) is 32.0 Å². The number of hydrogen-bond acceptors (Lipinski definition) is 6. The number of aryl methyl sites for hydroxylation is 1. The molecular weight excluding hydrogens is 388 g/mol. The number of nitrogens with zero attached hydrogens (tertiary/aromatic N) is 2. The third-order valence-electron chi connectivity index (χ3n) is 4.52. The van der Waals surface area contributed by atoms with Gasteiger partial charge in [-0.25, -0.2) is 4.79 Å². The first-order chi connectivity index (χ1) is 14.3. The van der Waals surface area contributed by atoms with E-state index in [4.69, 9.17) is 10.5 Å². The topological polar surface area (TPSA) is 137 Å². The molecule has 2 aromatic heterocycles. The van der Waals surface area contributed by atoms with Crippen molar-refractivity contribution in [2.75, 3.05) is 12.4 Å². The lowest BCUT2D eigenvalue weighted by Gasteiger charge is -2.15. The van der Waals surface area contributed by atoms with Crippen molar-refractivity contribution in [3.8, 4) is 11.4 Å². The van der Waals surface area contributed by atoms with Crippen molar-refractivity contribution in [3.05, 3.63) is 81.5 Å². The Morgan fingerprint density at radius 3 is 2.60 bits per heavy atom. The van der Waals surface area contributed by atoms with Crippen LogP contribution in [0.2, 0.25) is 0 Å². The molecule has 0 fully saturated rings. The molecule has 0 atom stereocenters. The Labute approximate surface area is 171 Å². The van der Waals surface area contributed by atoms with E-state index in [-0.39, 0.29) is 23.5 Å². The van der Waals surface area contributed by atoms with Crippen LogP contribution in [0, 0.1) is 6.92 Å². The summed E-state index contributed by atoms with van der Waals surface area (Å²) in [5.74, 6) is -1.84. The standard InChI is InChI=1S/C21H20N4O5/c1-12-9-14(10-16(30-2)17(12)19(22)26)25-8-6-15(18(20(25)27)21(28)29)24-11-13-5-3-4-7-23-13/h3-10,24H,11H2,1-2H3,(H2,22,26)(H,28,29). The number of primary amides is 1. The summed E-state index contributed by atoms with van der Waals surface area (Å²) in [4.78, 5) is 40.6. The molecule has 0 aliphatic carbocycles. The number of pyridine rings is 2. The van der Waals surface area contributed by atoms with Gasteiger partial charge < -0.3 is 20.9 Å². The maximum atomic E-state index is 13.0. The fraction of sp³-hybridized carbons (Fsp3) is 0.143. The SMILES string of the molecule is COc1cc(-n2ccc(NCc3ccccn3)c(C(=O)O)c2=O)cc(C)c1C(N)=O. The number of aromatic nitrogens is 2. The van der Waals surface area contributed by atoms with E-state index in [1.807, 2.05) is 6.07 Å². The maximum absolute atomic E-state index is 13.0. The highest BCUT2D eigenvalue weighted by molar-refractivity contribution is 5.97. The molecule has 1 aromatic carbocycles. The van der Waals surface area contributed by atoms with Crippen LogP contribution in [0.4, 0.5) is 5.69 Å². The first-order valence-electron chi connectivity index (χ1n) is 8.95. The number of carboxylic acids is 1. The van der Waals surface area contributed by atoms with E-state index < -0.39 is 23.0 Å². The van der Waals surface area contributed by atoms with Crippen molar-refractivity contribution in [1.29, 1.82) is 0 Å². The number of ether oxygens (including phenoxy) is 1. The molecular formula is C21H20N4O5. The van der Waals surface area contributed by atoms with Crippen LogP contribution in [0.5, 0.6) is 5.75 Å². The van der Waals surface area contributed by atoms with Crippen LogP contribution in [0.3, 0.4) is 0 Å². The predicted octanol–water partition coefficient (Wildman–Crippen LogP) is 1.96. The second-order valence-corrected chi connectivity index (χ2v) is 6.46. The van der Waals surface area contributed by atoms with Gasteiger partial charge >= 0.3 is 5.97 Å². The second-order valence-electron chi connectivity index (χ2n) is 6.46. The number of anilines is 1. The number of carbonyl (C=O) groups excluding carboxylic acids is 1. The van der Waals surface area contributed by atoms with Crippen LogP contribution < -0.4 is 21.3 Å². The fourth-order valence-corrected chi connectivity index (χ4v) is 3.13. The first-order valence-corrected chi connectivity index (χ1v) is 8.95. The number of aromatic carboxylic acids is 1. The molecule has 0 bridgehead atoms. The van der Waals surface area contributed by atoms with Crippen LogP contribution >= 0.6 is 0 Å². The second kappa shape index (κ2) is 8.48. The van der Waals surface area contributed by atoms with Crippen LogP contribution in [0.25, 0.3) is 5.69 Å². The van der Waals surface area contributed by atoms with Gasteiger partial charge in [-0.3, -0.25) is 19.1 Å². The molecule has 0 saturated heterocycles. The lowest BCUT2D eigenvalue weighted by atomic mass is 10.1. The van der Waals surface area contributed by atoms with E-state index in [9.17, 15) is 19.5 Å². The summed E-state index contributed by atoms with van der Waals surface area (Å²) in [5.41, 5.74) is 6.16. The van der Waals surface area contributed by atoms with E-state index in [0.29, 0.717) is 16.9 Å². The molecule has 0 radical (unpaired) electrons. The Hall–Kier alpha value is -4.14. The van der Waals surface area contributed by atoms with Gasteiger partial charge in [-0.2, -0.15) is 0 Å². The van der Waals surface area contributed by atoms with Crippen molar-refractivity contribution < 1.29 is 19.4 Å². The van der Waals surface area contributed by atoms with Gasteiger partial charge in [-0.15, -0.1) is 0 Å². The van der Waals surface area contributed by atoms with Gasteiger partial charge in [0.15, 0.2) is 0 Å². The number of carbonyl (C=O) groups is 2. The number of rotatable bonds is 7. The van der Waals surface area contributed by atoms with Crippen molar-refractivity contribution in [1.82, 2.24) is 9.55 Å².